The Labute approximate surface area is 177 Å². The molecule has 4 nitrogen and oxygen atoms in total. The average molecular weight is 405 g/mol. The summed E-state index contributed by atoms with van der Waals surface area (Å²) in [5, 5.41) is 0. The Morgan fingerprint density at radius 1 is 0.931 bits per heavy atom. The molecule has 0 fully saturated rings. The van der Waals surface area contributed by atoms with Gasteiger partial charge in [0.1, 0.15) is 5.78 Å². The van der Waals surface area contributed by atoms with Gasteiger partial charge in [0, 0.05) is 12.3 Å². The number of hydrogen-bond acceptors (Lipinski definition) is 4. The molecule has 0 saturated heterocycles. The maximum Gasteiger partial charge on any atom is 0.306 e. The lowest BCUT2D eigenvalue weighted by molar-refractivity contribution is -0.146. The minimum absolute atomic E-state index is 0.000115. The van der Waals surface area contributed by atoms with Gasteiger partial charge in [0.2, 0.25) is 0 Å². The first-order valence-electron chi connectivity index (χ1n) is 11.4. The molecule has 0 aliphatic rings. The number of ketones is 1. The van der Waals surface area contributed by atoms with E-state index in [-0.39, 0.29) is 36.1 Å². The number of benzene rings is 1. The van der Waals surface area contributed by atoms with Crippen molar-refractivity contribution < 1.29 is 19.1 Å². The van der Waals surface area contributed by atoms with Crippen molar-refractivity contribution in [2.24, 2.45) is 11.8 Å². The molecule has 0 saturated carbocycles. The summed E-state index contributed by atoms with van der Waals surface area (Å²) in [5.41, 5.74) is 1.14. The van der Waals surface area contributed by atoms with Crippen molar-refractivity contribution in [3.05, 3.63) is 35.9 Å². The molecule has 29 heavy (non-hydrogen) atoms. The standard InChI is InChI=1S/C25H40O4/c1-5-8-15-22(20(4)29-19-21-13-11-10-12-14-21)17-24(26)23(16-9-6-2)18-25(27)28-7-3/h10-14,20,22-23H,5-9,15-19H2,1-4H3. The van der Waals surface area contributed by atoms with Crippen LogP contribution >= 0.6 is 0 Å². The van der Waals surface area contributed by atoms with Crippen LogP contribution in [0.1, 0.15) is 84.6 Å². The van der Waals surface area contributed by atoms with E-state index in [0.29, 0.717) is 19.6 Å². The molecule has 3 unspecified atom stereocenters. The smallest absolute Gasteiger partial charge is 0.306 e. The fourth-order valence-electron chi connectivity index (χ4n) is 3.58. The van der Waals surface area contributed by atoms with Crippen molar-refractivity contribution in [3.8, 4) is 0 Å². The van der Waals surface area contributed by atoms with Crippen molar-refractivity contribution in [2.75, 3.05) is 6.61 Å². The minimum Gasteiger partial charge on any atom is -0.466 e. The zero-order valence-corrected chi connectivity index (χ0v) is 18.8. The number of unbranched alkanes of at least 4 members (excludes halogenated alkanes) is 2. The van der Waals surface area contributed by atoms with Crippen LogP contribution in [0.5, 0.6) is 0 Å². The molecule has 0 bridgehead atoms. The van der Waals surface area contributed by atoms with Gasteiger partial charge in [-0.1, -0.05) is 69.9 Å². The summed E-state index contributed by atoms with van der Waals surface area (Å²) in [7, 11) is 0. The van der Waals surface area contributed by atoms with Crippen molar-refractivity contribution in [2.45, 2.75) is 91.8 Å². The topological polar surface area (TPSA) is 52.6 Å². The van der Waals surface area contributed by atoms with Crippen LogP contribution in [0.2, 0.25) is 0 Å². The molecule has 0 aliphatic heterocycles. The van der Waals surface area contributed by atoms with E-state index in [1.54, 1.807) is 6.92 Å². The van der Waals surface area contributed by atoms with Crippen molar-refractivity contribution in [3.63, 3.8) is 0 Å². The first-order chi connectivity index (χ1) is 14.0. The number of carbonyl (C=O) groups is 2. The van der Waals surface area contributed by atoms with E-state index in [0.717, 1.165) is 44.1 Å². The van der Waals surface area contributed by atoms with Crippen LogP contribution in [-0.2, 0) is 25.7 Å². The fraction of sp³-hybridized carbons (Fsp3) is 0.680. The van der Waals surface area contributed by atoms with Gasteiger partial charge < -0.3 is 9.47 Å². The second-order valence-corrected chi connectivity index (χ2v) is 7.92. The van der Waals surface area contributed by atoms with Gasteiger partial charge in [-0.25, -0.2) is 0 Å². The van der Waals surface area contributed by atoms with Crippen LogP contribution in [0.25, 0.3) is 0 Å². The number of rotatable bonds is 16. The van der Waals surface area contributed by atoms with Crippen LogP contribution in [0.4, 0.5) is 0 Å². The summed E-state index contributed by atoms with van der Waals surface area (Å²) >= 11 is 0. The summed E-state index contributed by atoms with van der Waals surface area (Å²) in [6.45, 7) is 9.06. The molecule has 0 radical (unpaired) electrons. The Morgan fingerprint density at radius 3 is 2.21 bits per heavy atom. The Hall–Kier alpha value is -1.68. The van der Waals surface area contributed by atoms with Crippen LogP contribution in [0.3, 0.4) is 0 Å². The molecular weight excluding hydrogens is 364 g/mol. The summed E-state index contributed by atoms with van der Waals surface area (Å²) in [4.78, 5) is 25.1. The maximum absolute atomic E-state index is 13.1. The summed E-state index contributed by atoms with van der Waals surface area (Å²) in [6, 6.07) is 10.1. The van der Waals surface area contributed by atoms with Crippen molar-refractivity contribution >= 4 is 11.8 Å². The van der Waals surface area contributed by atoms with E-state index < -0.39 is 0 Å². The third-order valence-electron chi connectivity index (χ3n) is 5.49. The normalized spacial score (nSPS) is 14.2. The Kier molecular flexibility index (Phi) is 13.3. The molecule has 164 valence electrons. The van der Waals surface area contributed by atoms with Crippen LogP contribution in [0, 0.1) is 11.8 Å². The van der Waals surface area contributed by atoms with Gasteiger partial charge in [0.15, 0.2) is 0 Å². The van der Waals surface area contributed by atoms with Gasteiger partial charge in [-0.3, -0.25) is 9.59 Å². The lowest BCUT2D eigenvalue weighted by Crippen LogP contribution is -2.28. The predicted octanol–water partition coefficient (Wildman–Crippen LogP) is 6.12. The van der Waals surface area contributed by atoms with Gasteiger partial charge in [-0.15, -0.1) is 0 Å². The molecule has 0 spiro atoms. The maximum atomic E-state index is 13.1. The number of carbonyl (C=O) groups excluding carboxylic acids is 2. The number of ether oxygens (including phenoxy) is 2. The van der Waals surface area contributed by atoms with E-state index in [1.807, 2.05) is 18.2 Å². The van der Waals surface area contributed by atoms with E-state index in [4.69, 9.17) is 9.47 Å². The molecule has 0 aromatic heterocycles. The molecule has 0 N–H and O–H groups in total. The van der Waals surface area contributed by atoms with Gasteiger partial charge in [-0.2, -0.15) is 0 Å². The highest BCUT2D eigenvalue weighted by Crippen LogP contribution is 2.26. The third-order valence-corrected chi connectivity index (χ3v) is 5.49. The largest absolute Gasteiger partial charge is 0.466 e. The molecule has 3 atom stereocenters. The highest BCUT2D eigenvalue weighted by atomic mass is 16.5. The Balaban J connectivity index is 2.72. The van der Waals surface area contributed by atoms with E-state index >= 15 is 0 Å². The summed E-state index contributed by atoms with van der Waals surface area (Å²) in [5.74, 6) is -0.139. The molecule has 0 amide bonds. The van der Waals surface area contributed by atoms with Crippen molar-refractivity contribution in [1.82, 2.24) is 0 Å². The first-order valence-corrected chi connectivity index (χ1v) is 11.4. The molecular formula is C25H40O4. The molecule has 0 heterocycles. The van der Waals surface area contributed by atoms with E-state index in [1.165, 1.54) is 0 Å². The zero-order valence-electron chi connectivity index (χ0n) is 18.8. The first kappa shape index (κ1) is 25.4. The zero-order chi connectivity index (χ0) is 21.5. The van der Waals surface area contributed by atoms with Crippen LogP contribution < -0.4 is 0 Å². The van der Waals surface area contributed by atoms with Gasteiger partial charge in [0.05, 0.1) is 25.7 Å². The fourth-order valence-corrected chi connectivity index (χ4v) is 3.58. The van der Waals surface area contributed by atoms with Gasteiger partial charge >= 0.3 is 5.97 Å². The summed E-state index contributed by atoms with van der Waals surface area (Å²) in [6.07, 6.45) is 6.55. The number of Topliss-reactive ketones (excluding diaryl/α,β-unsaturated/α-hetero) is 1. The Bertz CT molecular complexity index is 569. The highest BCUT2D eigenvalue weighted by molar-refractivity contribution is 5.85. The van der Waals surface area contributed by atoms with E-state index in [2.05, 4.69) is 32.9 Å². The van der Waals surface area contributed by atoms with Crippen LogP contribution in [0.15, 0.2) is 30.3 Å². The highest BCUT2D eigenvalue weighted by Gasteiger charge is 2.27. The molecule has 0 aliphatic carbocycles. The molecule has 1 rings (SSSR count). The Morgan fingerprint density at radius 2 is 1.59 bits per heavy atom. The van der Waals surface area contributed by atoms with E-state index in [9.17, 15) is 9.59 Å². The summed E-state index contributed by atoms with van der Waals surface area (Å²) < 4.78 is 11.2. The SMILES string of the molecule is CCCCC(CC(=O)OCC)C(=O)CC(CCCC)C(C)OCc1ccccc1. The van der Waals surface area contributed by atoms with Crippen LogP contribution in [-0.4, -0.2) is 24.5 Å². The lowest BCUT2D eigenvalue weighted by atomic mass is 9.84. The lowest BCUT2D eigenvalue weighted by Gasteiger charge is -2.26. The number of hydrogen-bond donors (Lipinski definition) is 0. The quantitative estimate of drug-likeness (QED) is 0.312. The second kappa shape index (κ2) is 15.2. The molecule has 1 aromatic carbocycles. The van der Waals surface area contributed by atoms with Crippen molar-refractivity contribution in [1.29, 1.82) is 0 Å². The second-order valence-electron chi connectivity index (χ2n) is 7.92. The molecule has 1 aromatic rings. The van der Waals surface area contributed by atoms with Gasteiger partial charge in [0.25, 0.3) is 0 Å². The predicted molar refractivity (Wildman–Crippen MR) is 118 cm³/mol. The monoisotopic (exact) mass is 404 g/mol. The molecule has 4 heteroatoms. The average Bonchev–Trinajstić information content (AvgIpc) is 2.73. The van der Waals surface area contributed by atoms with Gasteiger partial charge in [-0.05, 0) is 38.2 Å². The third kappa shape index (κ3) is 10.6. The minimum atomic E-state index is -0.263. The number of esters is 1.